The molecule has 11 atom stereocenters. The number of aliphatic hydroxyl groups excluding tert-OH is 1. The van der Waals surface area contributed by atoms with E-state index >= 15 is 0 Å². The summed E-state index contributed by atoms with van der Waals surface area (Å²) >= 11 is 0. The second kappa shape index (κ2) is 32.6. The standard InChI is InChI=1S/C47H78N14O13/c1-8-24(5)36(44(71)60-37(46(73)74)25(6)9-2)59-45(72)38(26(7)62)61-43(70)32(21-34(50)64)58-41(68)30(18-23(3)4)55-35(65)22-54-40(67)29(16-13-17-53-47(51)52)56-42(69)31(20-33(49)63)57-39(66)28(48)19-27-14-11-10-12-15-27/h10-12,14-15,23-26,28-32,36-38,62H,8-9,13,16-22,48H2,1-7H3,(H2,49,63)(H2,50,64)(H,54,67)(H,55,65)(H,56,69)(H,57,66)(H,58,68)(H,59,72)(H,60,71)(H,61,70)(H,73,74)(H4,51,52,53). The molecular weight excluding hydrogens is 969 g/mol. The summed E-state index contributed by atoms with van der Waals surface area (Å²) in [6.45, 7) is 10.5. The van der Waals surface area contributed by atoms with Gasteiger partial charge in [-0.2, -0.15) is 0 Å². The predicted octanol–water partition coefficient (Wildman–Crippen LogP) is -4.53. The van der Waals surface area contributed by atoms with Crippen LogP contribution >= 0.6 is 0 Å². The van der Waals surface area contributed by atoms with Crippen LogP contribution in [0.15, 0.2) is 35.3 Å². The first kappa shape index (κ1) is 64.6. The zero-order chi connectivity index (χ0) is 56.4. The Bertz CT molecular complexity index is 2120. The van der Waals surface area contributed by atoms with Crippen molar-refractivity contribution < 1.29 is 63.0 Å². The Balaban J connectivity index is 3.28. The third kappa shape index (κ3) is 23.9. The lowest BCUT2D eigenvalue weighted by Crippen LogP contribution is -2.62. The Labute approximate surface area is 430 Å². The van der Waals surface area contributed by atoms with Crippen molar-refractivity contribution in [1.29, 1.82) is 0 Å². The van der Waals surface area contributed by atoms with Gasteiger partial charge in [0.15, 0.2) is 5.96 Å². The highest BCUT2D eigenvalue weighted by Gasteiger charge is 2.37. The van der Waals surface area contributed by atoms with Crippen LogP contribution in [0.25, 0.3) is 0 Å². The summed E-state index contributed by atoms with van der Waals surface area (Å²) in [5.41, 5.74) is 28.4. The molecule has 1 aromatic carbocycles. The smallest absolute Gasteiger partial charge is 0.326 e. The van der Waals surface area contributed by atoms with Crippen LogP contribution in [0.1, 0.15) is 99.0 Å². The van der Waals surface area contributed by atoms with Gasteiger partial charge in [-0.1, -0.05) is 84.7 Å². The lowest BCUT2D eigenvalue weighted by Gasteiger charge is -2.30. The van der Waals surface area contributed by atoms with Gasteiger partial charge in [0.2, 0.25) is 59.1 Å². The number of aliphatic carboxylic acids is 1. The van der Waals surface area contributed by atoms with Crippen LogP contribution in [0, 0.1) is 17.8 Å². The summed E-state index contributed by atoms with van der Waals surface area (Å²) < 4.78 is 0. The molecule has 74 heavy (non-hydrogen) atoms. The molecule has 0 bridgehead atoms. The Morgan fingerprint density at radius 1 is 0.581 bits per heavy atom. The number of primary amides is 2. The van der Waals surface area contributed by atoms with Gasteiger partial charge < -0.3 is 81.4 Å². The fraction of sp³-hybridized carbons (Fsp3) is 0.617. The first-order chi connectivity index (χ1) is 34.6. The maximum atomic E-state index is 13.8. The number of hydrogen-bond acceptors (Lipinski definition) is 14. The fourth-order valence-corrected chi connectivity index (χ4v) is 7.15. The van der Waals surface area contributed by atoms with Crippen LogP contribution < -0.4 is 71.2 Å². The van der Waals surface area contributed by atoms with Crippen molar-refractivity contribution in [2.24, 2.45) is 51.4 Å². The molecule has 0 fully saturated rings. The van der Waals surface area contributed by atoms with Crippen molar-refractivity contribution in [2.45, 2.75) is 154 Å². The number of carboxylic acid groups (broad SMARTS) is 1. The van der Waals surface area contributed by atoms with E-state index < -0.39 is 151 Å². The first-order valence-corrected chi connectivity index (χ1v) is 24.3. The van der Waals surface area contributed by atoms with E-state index in [0.717, 1.165) is 12.5 Å². The van der Waals surface area contributed by atoms with Crippen LogP contribution in [0.5, 0.6) is 0 Å². The minimum Gasteiger partial charge on any atom is -0.480 e. The van der Waals surface area contributed by atoms with Crippen LogP contribution in [0.3, 0.4) is 0 Å². The van der Waals surface area contributed by atoms with Gasteiger partial charge >= 0.3 is 5.97 Å². The second-order valence-corrected chi connectivity index (χ2v) is 18.5. The topological polar surface area (TPSA) is 467 Å². The normalized spacial score (nSPS) is 15.5. The van der Waals surface area contributed by atoms with E-state index in [1.807, 2.05) is 0 Å². The number of carbonyl (C=O) groups is 11. The highest BCUT2D eigenvalue weighted by atomic mass is 16.4. The van der Waals surface area contributed by atoms with E-state index in [2.05, 4.69) is 47.5 Å². The van der Waals surface area contributed by atoms with Gasteiger partial charge in [0.05, 0.1) is 31.5 Å². The van der Waals surface area contributed by atoms with Crippen molar-refractivity contribution in [1.82, 2.24) is 42.5 Å². The van der Waals surface area contributed by atoms with E-state index in [4.69, 9.17) is 28.7 Å². The van der Waals surface area contributed by atoms with Crippen molar-refractivity contribution in [3.8, 4) is 0 Å². The molecule has 1 rings (SSSR count). The van der Waals surface area contributed by atoms with Gasteiger partial charge in [0, 0.05) is 6.54 Å². The zero-order valence-corrected chi connectivity index (χ0v) is 43.1. The van der Waals surface area contributed by atoms with Crippen molar-refractivity contribution in [3.05, 3.63) is 35.9 Å². The molecule has 0 heterocycles. The molecule has 0 aliphatic carbocycles. The average Bonchev–Trinajstić information content (AvgIpc) is 3.32. The molecule has 10 amide bonds. The molecule has 0 saturated heterocycles. The number of benzene rings is 1. The van der Waals surface area contributed by atoms with Crippen LogP contribution in [0.2, 0.25) is 0 Å². The summed E-state index contributed by atoms with van der Waals surface area (Å²) in [7, 11) is 0. The van der Waals surface area contributed by atoms with E-state index in [1.165, 1.54) is 0 Å². The molecule has 20 N–H and O–H groups in total. The number of nitrogens with zero attached hydrogens (tertiary/aromatic N) is 1. The van der Waals surface area contributed by atoms with Gasteiger partial charge in [-0.15, -0.1) is 0 Å². The molecule has 0 aromatic heterocycles. The van der Waals surface area contributed by atoms with Crippen LogP contribution in [-0.2, 0) is 59.2 Å². The summed E-state index contributed by atoms with van der Waals surface area (Å²) in [5.74, 6) is -12.6. The number of carbonyl (C=O) groups excluding carboxylic acids is 10. The quantitative estimate of drug-likeness (QED) is 0.0176. The molecule has 27 heteroatoms. The van der Waals surface area contributed by atoms with Crippen LogP contribution in [-0.4, -0.2) is 149 Å². The Kier molecular flexibility index (Phi) is 28.5. The third-order valence-corrected chi connectivity index (χ3v) is 11.7. The molecule has 1 aromatic rings. The molecule has 0 saturated carbocycles. The Hall–Kier alpha value is -7.42. The molecule has 414 valence electrons. The summed E-state index contributed by atoms with van der Waals surface area (Å²) in [6, 6.07) is -2.98. The number of nitrogens with one attached hydrogen (secondary N) is 8. The van der Waals surface area contributed by atoms with Gasteiger partial charge in [-0.25, -0.2) is 4.79 Å². The number of amides is 10. The molecule has 0 spiro atoms. The van der Waals surface area contributed by atoms with Gasteiger partial charge in [0.25, 0.3) is 0 Å². The Morgan fingerprint density at radius 3 is 1.55 bits per heavy atom. The maximum Gasteiger partial charge on any atom is 0.326 e. The summed E-state index contributed by atoms with van der Waals surface area (Å²) in [5, 5.41) is 39.6. The minimum atomic E-state index is -1.79. The van der Waals surface area contributed by atoms with E-state index in [1.54, 1.807) is 71.9 Å². The highest BCUT2D eigenvalue weighted by Crippen LogP contribution is 2.14. The Morgan fingerprint density at radius 2 is 1.05 bits per heavy atom. The van der Waals surface area contributed by atoms with Crippen molar-refractivity contribution >= 4 is 71.0 Å². The lowest BCUT2D eigenvalue weighted by atomic mass is 9.95. The molecule has 0 aliphatic heterocycles. The number of carboxylic acids is 1. The average molecular weight is 1050 g/mol. The number of aliphatic imine (C=N–C) groups is 1. The number of hydrogen-bond donors (Lipinski definition) is 15. The number of guanidine groups is 1. The largest absolute Gasteiger partial charge is 0.480 e. The molecule has 0 aliphatic rings. The molecule has 27 nitrogen and oxygen atoms in total. The van der Waals surface area contributed by atoms with Crippen molar-refractivity contribution in [3.63, 3.8) is 0 Å². The lowest BCUT2D eigenvalue weighted by molar-refractivity contribution is -0.144. The summed E-state index contributed by atoms with van der Waals surface area (Å²) in [4.78, 5) is 148. The van der Waals surface area contributed by atoms with Crippen molar-refractivity contribution in [2.75, 3.05) is 13.1 Å². The fourth-order valence-electron chi connectivity index (χ4n) is 7.15. The number of nitrogens with two attached hydrogens (primary N) is 5. The molecular formula is C47H78N14O13. The van der Waals surface area contributed by atoms with E-state index in [9.17, 15) is 63.0 Å². The predicted molar refractivity (Wildman–Crippen MR) is 270 cm³/mol. The van der Waals surface area contributed by atoms with E-state index in [0.29, 0.717) is 12.8 Å². The number of rotatable bonds is 34. The highest BCUT2D eigenvalue weighted by molar-refractivity contribution is 5.99. The monoisotopic (exact) mass is 1050 g/mol. The van der Waals surface area contributed by atoms with Crippen LogP contribution in [0.4, 0.5) is 0 Å². The van der Waals surface area contributed by atoms with Gasteiger partial charge in [-0.3, -0.25) is 52.9 Å². The van der Waals surface area contributed by atoms with Gasteiger partial charge in [-0.05, 0) is 55.9 Å². The second-order valence-electron chi connectivity index (χ2n) is 18.5. The van der Waals surface area contributed by atoms with E-state index in [-0.39, 0.29) is 44.1 Å². The van der Waals surface area contributed by atoms with Gasteiger partial charge in [0.1, 0.15) is 42.3 Å². The maximum absolute atomic E-state index is 13.8. The SMILES string of the molecule is CCC(C)C(NC(=O)C(NC(=O)C(NC(=O)C(CC(N)=O)NC(=O)C(CC(C)C)NC(=O)CNC(=O)C(CCCN=C(N)N)NC(=O)C(CC(N)=O)NC(=O)C(N)Cc1ccccc1)C(C)O)C(C)CC)C(=O)O. The third-order valence-electron chi connectivity index (χ3n) is 11.7. The first-order valence-electron chi connectivity index (χ1n) is 24.3. The minimum absolute atomic E-state index is 0.0124. The molecule has 0 radical (unpaired) electrons. The zero-order valence-electron chi connectivity index (χ0n) is 43.1. The summed E-state index contributed by atoms with van der Waals surface area (Å²) in [6.07, 6.45) is -2.36. The number of aliphatic hydroxyl groups is 1. The molecule has 11 unspecified atom stereocenters.